The number of halogens is 1. The van der Waals surface area contributed by atoms with Crippen LogP contribution in [0.3, 0.4) is 0 Å². The Morgan fingerprint density at radius 1 is 1.26 bits per heavy atom. The van der Waals surface area contributed by atoms with Crippen LogP contribution in [0.5, 0.6) is 0 Å². The molecule has 0 bridgehead atoms. The molecule has 2 aromatic rings. The first-order valence-corrected chi connectivity index (χ1v) is 7.14. The highest BCUT2D eigenvalue weighted by atomic mass is 127. The monoisotopic (exact) mass is 366 g/mol. The number of hydrogen-bond acceptors (Lipinski definition) is 2. The fraction of sp³-hybridized carbons (Fsp3) is 0.133. The van der Waals surface area contributed by atoms with Gasteiger partial charge >= 0.3 is 0 Å². The van der Waals surface area contributed by atoms with Gasteiger partial charge in [-0.3, -0.25) is 4.79 Å². The molecule has 0 aliphatic carbocycles. The summed E-state index contributed by atoms with van der Waals surface area (Å²) in [5.41, 5.74) is 9.11. The van der Waals surface area contributed by atoms with E-state index in [4.69, 9.17) is 5.73 Å². The van der Waals surface area contributed by atoms with E-state index in [1.165, 1.54) is 0 Å². The largest absolute Gasteiger partial charge is 0.398 e. The molecule has 0 aromatic heterocycles. The van der Waals surface area contributed by atoms with Crippen molar-refractivity contribution in [2.75, 3.05) is 11.1 Å². The second kappa shape index (κ2) is 6.06. The second-order valence-electron chi connectivity index (χ2n) is 4.20. The molecule has 3 N–H and O–H groups in total. The fourth-order valence-electron chi connectivity index (χ4n) is 1.84. The van der Waals surface area contributed by atoms with Crippen molar-refractivity contribution in [3.63, 3.8) is 0 Å². The molecule has 4 heteroatoms. The van der Waals surface area contributed by atoms with Gasteiger partial charge in [0.25, 0.3) is 5.91 Å². The van der Waals surface area contributed by atoms with Crippen molar-refractivity contribution in [3.05, 3.63) is 57.2 Å². The first-order chi connectivity index (χ1) is 9.11. The first kappa shape index (κ1) is 13.9. The average Bonchev–Trinajstić information content (AvgIpc) is 2.39. The minimum Gasteiger partial charge on any atom is -0.398 e. The zero-order valence-corrected chi connectivity index (χ0v) is 12.8. The zero-order chi connectivity index (χ0) is 13.8. The van der Waals surface area contributed by atoms with Gasteiger partial charge in [-0.1, -0.05) is 25.1 Å². The molecule has 98 valence electrons. The number of aryl methyl sites for hydroxylation is 1. The molecule has 0 aliphatic heterocycles. The highest BCUT2D eigenvalue weighted by Crippen LogP contribution is 2.20. The lowest BCUT2D eigenvalue weighted by Gasteiger charge is -2.09. The SMILES string of the molecule is CCc1ccc(NC(=O)c2ccccc2I)cc1N. The summed E-state index contributed by atoms with van der Waals surface area (Å²) in [5.74, 6) is -0.117. The molecule has 3 nitrogen and oxygen atoms in total. The van der Waals surface area contributed by atoms with Gasteiger partial charge < -0.3 is 11.1 Å². The van der Waals surface area contributed by atoms with E-state index in [0.717, 1.165) is 21.2 Å². The van der Waals surface area contributed by atoms with Gasteiger partial charge in [0.15, 0.2) is 0 Å². The van der Waals surface area contributed by atoms with E-state index in [0.29, 0.717) is 11.3 Å². The summed E-state index contributed by atoms with van der Waals surface area (Å²) >= 11 is 2.15. The summed E-state index contributed by atoms with van der Waals surface area (Å²) in [6.45, 7) is 2.05. The van der Waals surface area contributed by atoms with E-state index >= 15 is 0 Å². The third-order valence-electron chi connectivity index (χ3n) is 2.90. The van der Waals surface area contributed by atoms with Gasteiger partial charge in [-0.15, -0.1) is 0 Å². The Balaban J connectivity index is 2.20. The van der Waals surface area contributed by atoms with Crippen LogP contribution in [0.4, 0.5) is 11.4 Å². The van der Waals surface area contributed by atoms with E-state index < -0.39 is 0 Å². The molecule has 0 aliphatic rings. The summed E-state index contributed by atoms with van der Waals surface area (Å²) in [7, 11) is 0. The number of nitrogens with two attached hydrogens (primary N) is 1. The molecule has 0 spiro atoms. The molecule has 1 amide bonds. The Bertz CT molecular complexity index is 611. The summed E-state index contributed by atoms with van der Waals surface area (Å²) in [6, 6.07) is 13.1. The number of amides is 1. The van der Waals surface area contributed by atoms with Crippen LogP contribution >= 0.6 is 22.6 Å². The van der Waals surface area contributed by atoms with Gasteiger partial charge in [0.1, 0.15) is 0 Å². The lowest BCUT2D eigenvalue weighted by molar-refractivity contribution is 0.102. The van der Waals surface area contributed by atoms with Crippen molar-refractivity contribution in [2.24, 2.45) is 0 Å². The highest BCUT2D eigenvalue weighted by molar-refractivity contribution is 14.1. The third-order valence-corrected chi connectivity index (χ3v) is 3.84. The maximum atomic E-state index is 12.1. The van der Waals surface area contributed by atoms with Crippen LogP contribution in [0.2, 0.25) is 0 Å². The topological polar surface area (TPSA) is 55.1 Å². The summed E-state index contributed by atoms with van der Waals surface area (Å²) < 4.78 is 0.927. The van der Waals surface area contributed by atoms with Gasteiger partial charge in [0.05, 0.1) is 5.56 Å². The number of anilines is 2. The first-order valence-electron chi connectivity index (χ1n) is 6.06. The average molecular weight is 366 g/mol. The minimum atomic E-state index is -0.117. The quantitative estimate of drug-likeness (QED) is 0.643. The van der Waals surface area contributed by atoms with Crippen molar-refractivity contribution < 1.29 is 4.79 Å². The summed E-state index contributed by atoms with van der Waals surface area (Å²) in [4.78, 5) is 12.1. The van der Waals surface area contributed by atoms with E-state index in [1.54, 1.807) is 12.1 Å². The molecular weight excluding hydrogens is 351 g/mol. The van der Waals surface area contributed by atoms with Crippen LogP contribution in [-0.2, 0) is 6.42 Å². The van der Waals surface area contributed by atoms with Gasteiger partial charge in [-0.2, -0.15) is 0 Å². The number of hydrogen-bond donors (Lipinski definition) is 2. The second-order valence-corrected chi connectivity index (χ2v) is 5.36. The number of nitrogen functional groups attached to an aromatic ring is 1. The van der Waals surface area contributed by atoms with Gasteiger partial charge in [-0.05, 0) is 58.8 Å². The molecule has 0 saturated carbocycles. The van der Waals surface area contributed by atoms with Crippen LogP contribution < -0.4 is 11.1 Å². The van der Waals surface area contributed by atoms with Crippen molar-refractivity contribution in [3.8, 4) is 0 Å². The van der Waals surface area contributed by atoms with Crippen LogP contribution in [0.15, 0.2) is 42.5 Å². The molecular formula is C15H15IN2O. The van der Waals surface area contributed by atoms with E-state index in [9.17, 15) is 4.79 Å². The van der Waals surface area contributed by atoms with Gasteiger partial charge in [0.2, 0.25) is 0 Å². The molecule has 2 rings (SSSR count). The van der Waals surface area contributed by atoms with Gasteiger partial charge in [-0.25, -0.2) is 0 Å². The van der Waals surface area contributed by atoms with Crippen molar-refractivity contribution in [1.29, 1.82) is 0 Å². The Morgan fingerprint density at radius 3 is 2.63 bits per heavy atom. The van der Waals surface area contributed by atoms with E-state index in [2.05, 4.69) is 34.8 Å². The molecule has 2 aromatic carbocycles. The summed E-state index contributed by atoms with van der Waals surface area (Å²) in [5, 5.41) is 2.87. The Hall–Kier alpha value is -1.56. The molecule has 0 radical (unpaired) electrons. The fourth-order valence-corrected chi connectivity index (χ4v) is 2.47. The predicted octanol–water partition coefficient (Wildman–Crippen LogP) is 3.69. The minimum absolute atomic E-state index is 0.117. The number of carbonyl (C=O) groups excluding carboxylic acids is 1. The maximum Gasteiger partial charge on any atom is 0.256 e. The highest BCUT2D eigenvalue weighted by Gasteiger charge is 2.09. The smallest absolute Gasteiger partial charge is 0.256 e. The molecule has 0 fully saturated rings. The Kier molecular flexibility index (Phi) is 4.42. The predicted molar refractivity (Wildman–Crippen MR) is 87.3 cm³/mol. The van der Waals surface area contributed by atoms with Crippen LogP contribution in [0.1, 0.15) is 22.8 Å². The van der Waals surface area contributed by atoms with Crippen molar-refractivity contribution in [2.45, 2.75) is 13.3 Å². The van der Waals surface area contributed by atoms with Gasteiger partial charge in [0, 0.05) is 14.9 Å². The zero-order valence-electron chi connectivity index (χ0n) is 10.6. The Labute approximate surface area is 126 Å². The number of nitrogens with one attached hydrogen (secondary N) is 1. The molecule has 19 heavy (non-hydrogen) atoms. The lowest BCUT2D eigenvalue weighted by atomic mass is 10.1. The molecule has 0 unspecified atom stereocenters. The van der Waals surface area contributed by atoms with Crippen molar-refractivity contribution in [1.82, 2.24) is 0 Å². The maximum absolute atomic E-state index is 12.1. The summed E-state index contributed by atoms with van der Waals surface area (Å²) in [6.07, 6.45) is 0.886. The number of rotatable bonds is 3. The van der Waals surface area contributed by atoms with E-state index in [-0.39, 0.29) is 5.91 Å². The molecule has 0 heterocycles. The van der Waals surface area contributed by atoms with Crippen LogP contribution in [-0.4, -0.2) is 5.91 Å². The molecule has 0 saturated heterocycles. The number of carbonyl (C=O) groups is 1. The number of benzene rings is 2. The standard InChI is InChI=1S/C15H15IN2O/c1-2-10-7-8-11(9-14(10)17)18-15(19)12-5-3-4-6-13(12)16/h3-9H,2,17H2,1H3,(H,18,19). The van der Waals surface area contributed by atoms with E-state index in [1.807, 2.05) is 30.3 Å². The van der Waals surface area contributed by atoms with Crippen LogP contribution in [0.25, 0.3) is 0 Å². The molecule has 0 atom stereocenters. The Morgan fingerprint density at radius 2 is 2.00 bits per heavy atom. The van der Waals surface area contributed by atoms with Crippen molar-refractivity contribution >= 4 is 39.9 Å². The lowest BCUT2D eigenvalue weighted by Crippen LogP contribution is -2.13. The van der Waals surface area contributed by atoms with Crippen LogP contribution in [0, 0.1) is 3.57 Å². The third kappa shape index (κ3) is 3.26. The normalized spacial score (nSPS) is 10.2.